The number of hydrogen-bond donors (Lipinski definition) is 0. The molecule has 0 spiro atoms. The van der Waals surface area contributed by atoms with Crippen LogP contribution in [0.15, 0.2) is 46.3 Å². The Labute approximate surface area is 182 Å². The number of carbonyl (C=O) groups excluding carboxylic acids is 1. The quantitative estimate of drug-likeness (QED) is 0.539. The maximum absolute atomic E-state index is 12.5. The van der Waals surface area contributed by atoms with Gasteiger partial charge in [-0.3, -0.25) is 9.69 Å². The predicted octanol–water partition coefficient (Wildman–Crippen LogP) is 4.46. The molecule has 1 aliphatic heterocycles. The summed E-state index contributed by atoms with van der Waals surface area (Å²) in [6, 6.07) is 9.18. The van der Waals surface area contributed by atoms with Crippen LogP contribution in [-0.4, -0.2) is 52.0 Å². The maximum atomic E-state index is 12.5. The molecule has 1 saturated heterocycles. The highest BCUT2D eigenvalue weighted by molar-refractivity contribution is 7.13. The molecule has 1 fully saturated rings. The summed E-state index contributed by atoms with van der Waals surface area (Å²) in [5, 5.41) is 7.08. The van der Waals surface area contributed by atoms with E-state index in [2.05, 4.69) is 15.0 Å². The number of hydrogen-bond acceptors (Lipinski definition) is 6. The highest BCUT2D eigenvalue weighted by Crippen LogP contribution is 2.26. The minimum absolute atomic E-state index is 0.0554. The van der Waals surface area contributed by atoms with Gasteiger partial charge in [0.15, 0.2) is 5.82 Å². The van der Waals surface area contributed by atoms with Crippen molar-refractivity contribution in [3.8, 4) is 10.8 Å². The lowest BCUT2D eigenvalue weighted by Gasteiger charge is -2.33. The van der Waals surface area contributed by atoms with E-state index in [4.69, 9.17) is 27.7 Å². The molecular formula is C20H18Cl2N4O2S. The van der Waals surface area contributed by atoms with E-state index < -0.39 is 0 Å². The van der Waals surface area contributed by atoms with Gasteiger partial charge in [0.05, 0.1) is 11.4 Å². The van der Waals surface area contributed by atoms with Gasteiger partial charge in [0, 0.05) is 47.9 Å². The van der Waals surface area contributed by atoms with Crippen LogP contribution in [0.1, 0.15) is 11.4 Å². The van der Waals surface area contributed by atoms with Crippen molar-refractivity contribution in [2.24, 2.45) is 0 Å². The third kappa shape index (κ3) is 4.87. The zero-order valence-corrected chi connectivity index (χ0v) is 17.8. The van der Waals surface area contributed by atoms with Crippen LogP contribution < -0.4 is 0 Å². The highest BCUT2D eigenvalue weighted by Gasteiger charge is 2.21. The van der Waals surface area contributed by atoms with Gasteiger partial charge in [-0.2, -0.15) is 4.98 Å². The molecule has 0 saturated carbocycles. The standard InChI is InChI=1S/C20H18Cl2N4O2S/c21-15-3-1-4-16(22)14(15)6-7-19(27)26-10-8-25(9-11-26)13-18-23-20(28-24-18)17-5-2-12-29-17/h1-7,12H,8-11,13H2/b7-6+. The Morgan fingerprint density at radius 1 is 1.14 bits per heavy atom. The average molecular weight is 449 g/mol. The SMILES string of the molecule is O=C(/C=C/c1c(Cl)cccc1Cl)N1CCN(Cc2noc(-c3cccs3)n2)CC1. The topological polar surface area (TPSA) is 62.5 Å². The molecule has 3 heterocycles. The molecule has 6 nitrogen and oxygen atoms in total. The number of halogens is 2. The Hall–Kier alpha value is -2.19. The number of benzene rings is 1. The smallest absolute Gasteiger partial charge is 0.268 e. The van der Waals surface area contributed by atoms with E-state index in [9.17, 15) is 4.79 Å². The van der Waals surface area contributed by atoms with Crippen molar-refractivity contribution in [2.75, 3.05) is 26.2 Å². The second-order valence-electron chi connectivity index (χ2n) is 6.56. The van der Waals surface area contributed by atoms with Crippen molar-refractivity contribution in [3.05, 3.63) is 63.2 Å². The van der Waals surface area contributed by atoms with E-state index >= 15 is 0 Å². The fourth-order valence-electron chi connectivity index (χ4n) is 3.07. The van der Waals surface area contributed by atoms with Crippen molar-refractivity contribution in [2.45, 2.75) is 6.54 Å². The Morgan fingerprint density at radius 2 is 1.90 bits per heavy atom. The Bertz CT molecular complexity index is 991. The number of nitrogens with zero attached hydrogens (tertiary/aromatic N) is 4. The molecule has 2 aromatic heterocycles. The van der Waals surface area contributed by atoms with E-state index in [-0.39, 0.29) is 5.91 Å². The monoisotopic (exact) mass is 448 g/mol. The van der Waals surface area contributed by atoms with Crippen molar-refractivity contribution in [1.29, 1.82) is 0 Å². The van der Waals surface area contributed by atoms with Crippen molar-refractivity contribution in [3.63, 3.8) is 0 Å². The number of amides is 1. The van der Waals surface area contributed by atoms with Crippen LogP contribution in [0.4, 0.5) is 0 Å². The van der Waals surface area contributed by atoms with Gasteiger partial charge in [-0.25, -0.2) is 0 Å². The predicted molar refractivity (Wildman–Crippen MR) is 115 cm³/mol. The summed E-state index contributed by atoms with van der Waals surface area (Å²) in [5.74, 6) is 1.15. The molecule has 1 amide bonds. The number of rotatable bonds is 5. The minimum atomic E-state index is -0.0554. The first-order valence-corrected chi connectivity index (χ1v) is 10.7. The first kappa shape index (κ1) is 20.1. The van der Waals surface area contributed by atoms with Crippen molar-refractivity contribution in [1.82, 2.24) is 19.9 Å². The summed E-state index contributed by atoms with van der Waals surface area (Å²) in [6.07, 6.45) is 3.19. The molecule has 4 rings (SSSR count). The number of piperazine rings is 1. The van der Waals surface area contributed by atoms with Crippen LogP contribution >= 0.6 is 34.5 Å². The number of aromatic nitrogens is 2. The largest absolute Gasteiger partial charge is 0.337 e. The molecule has 9 heteroatoms. The molecule has 0 aliphatic carbocycles. The molecule has 0 atom stereocenters. The van der Waals surface area contributed by atoms with E-state index in [1.165, 1.54) is 6.08 Å². The van der Waals surface area contributed by atoms with Crippen molar-refractivity contribution < 1.29 is 9.32 Å². The molecule has 0 unspecified atom stereocenters. The first-order valence-electron chi connectivity index (χ1n) is 9.10. The van der Waals surface area contributed by atoms with Crippen LogP contribution in [0, 0.1) is 0 Å². The minimum Gasteiger partial charge on any atom is -0.337 e. The van der Waals surface area contributed by atoms with Gasteiger partial charge in [-0.15, -0.1) is 11.3 Å². The van der Waals surface area contributed by atoms with E-state index in [1.54, 1.807) is 35.6 Å². The van der Waals surface area contributed by atoms with Gasteiger partial charge < -0.3 is 9.42 Å². The van der Waals surface area contributed by atoms with Gasteiger partial charge in [0.1, 0.15) is 0 Å². The van der Waals surface area contributed by atoms with Crippen LogP contribution in [0.3, 0.4) is 0 Å². The summed E-state index contributed by atoms with van der Waals surface area (Å²) in [6.45, 7) is 3.36. The Morgan fingerprint density at radius 3 is 2.59 bits per heavy atom. The molecule has 1 aromatic carbocycles. The lowest BCUT2D eigenvalue weighted by Crippen LogP contribution is -2.47. The molecular weight excluding hydrogens is 431 g/mol. The van der Waals surface area contributed by atoms with Gasteiger partial charge in [0.2, 0.25) is 5.91 Å². The summed E-state index contributed by atoms with van der Waals surface area (Å²) < 4.78 is 5.33. The Kier molecular flexibility index (Phi) is 6.30. The van der Waals surface area contributed by atoms with Crippen LogP contribution in [-0.2, 0) is 11.3 Å². The summed E-state index contributed by atoms with van der Waals surface area (Å²) in [5.41, 5.74) is 0.654. The maximum Gasteiger partial charge on any atom is 0.268 e. The van der Waals surface area contributed by atoms with Crippen molar-refractivity contribution >= 4 is 46.5 Å². The van der Waals surface area contributed by atoms with Crippen LogP contribution in [0.25, 0.3) is 16.8 Å². The molecule has 0 radical (unpaired) electrons. The molecule has 0 N–H and O–H groups in total. The first-order chi connectivity index (χ1) is 14.1. The van der Waals surface area contributed by atoms with E-state index in [0.29, 0.717) is 47.0 Å². The number of thiophene rings is 1. The summed E-state index contributed by atoms with van der Waals surface area (Å²) in [7, 11) is 0. The van der Waals surface area contributed by atoms with Crippen LogP contribution in [0.2, 0.25) is 10.0 Å². The Balaban J connectivity index is 1.30. The number of carbonyl (C=O) groups is 1. The van der Waals surface area contributed by atoms with E-state index in [1.807, 2.05) is 22.4 Å². The normalized spacial score (nSPS) is 15.3. The zero-order chi connectivity index (χ0) is 20.2. The fourth-order valence-corrected chi connectivity index (χ4v) is 4.24. The zero-order valence-electron chi connectivity index (χ0n) is 15.4. The average Bonchev–Trinajstić information content (AvgIpc) is 3.40. The molecule has 3 aromatic rings. The van der Waals surface area contributed by atoms with Crippen LogP contribution in [0.5, 0.6) is 0 Å². The lowest BCUT2D eigenvalue weighted by atomic mass is 10.2. The third-order valence-corrected chi connectivity index (χ3v) is 6.16. The summed E-state index contributed by atoms with van der Waals surface area (Å²) in [4.78, 5) is 21.9. The van der Waals surface area contributed by atoms with Gasteiger partial charge >= 0.3 is 0 Å². The van der Waals surface area contributed by atoms with Gasteiger partial charge in [-0.1, -0.05) is 40.5 Å². The fraction of sp³-hybridized carbons (Fsp3) is 0.250. The molecule has 1 aliphatic rings. The lowest BCUT2D eigenvalue weighted by molar-refractivity contribution is -0.127. The molecule has 150 valence electrons. The third-order valence-electron chi connectivity index (χ3n) is 4.64. The second-order valence-corrected chi connectivity index (χ2v) is 8.33. The summed E-state index contributed by atoms with van der Waals surface area (Å²) >= 11 is 13.9. The van der Waals surface area contributed by atoms with Gasteiger partial charge in [0.25, 0.3) is 5.89 Å². The molecule has 0 bridgehead atoms. The van der Waals surface area contributed by atoms with Gasteiger partial charge in [-0.05, 0) is 29.7 Å². The second kappa shape index (κ2) is 9.09. The van der Waals surface area contributed by atoms with E-state index in [0.717, 1.165) is 18.0 Å². The molecule has 29 heavy (non-hydrogen) atoms. The highest BCUT2D eigenvalue weighted by atomic mass is 35.5.